The first-order valence-electron chi connectivity index (χ1n) is 2.75. The van der Waals surface area contributed by atoms with E-state index in [1.807, 2.05) is 0 Å². The van der Waals surface area contributed by atoms with Crippen LogP contribution in [0.2, 0.25) is 0 Å². The molecule has 0 aromatic heterocycles. The van der Waals surface area contributed by atoms with Gasteiger partial charge in [-0.25, -0.2) is 0 Å². The summed E-state index contributed by atoms with van der Waals surface area (Å²) < 4.78 is 4.73. The highest BCUT2D eigenvalue weighted by Crippen LogP contribution is 2.08. The molecule has 1 atom stereocenters. The lowest BCUT2D eigenvalue weighted by atomic mass is 10.6. The van der Waals surface area contributed by atoms with E-state index < -0.39 is 0 Å². The summed E-state index contributed by atoms with van der Waals surface area (Å²) in [7, 11) is 0. The average molecular weight is 183 g/mol. The van der Waals surface area contributed by atoms with E-state index in [2.05, 4.69) is 11.5 Å². The van der Waals surface area contributed by atoms with Gasteiger partial charge in [-0.05, 0) is 0 Å². The van der Waals surface area contributed by atoms with Gasteiger partial charge in [0.1, 0.15) is 0 Å². The van der Waals surface area contributed by atoms with Crippen molar-refractivity contribution in [2.24, 2.45) is 11.5 Å². The molecule has 0 aromatic rings. The lowest BCUT2D eigenvalue weighted by Gasteiger charge is -1.67. The fraction of sp³-hybridized carbons (Fsp3) is 0.600. The SMILES string of the molecule is ClCC1CO1.NC=O.NC=O. The minimum atomic E-state index is 0.250. The smallest absolute Gasteiger partial charge is 0.204 e. The fourth-order valence-corrected chi connectivity index (χ4v) is 0.335. The minimum Gasteiger partial charge on any atom is -0.372 e. The summed E-state index contributed by atoms with van der Waals surface area (Å²) in [6.45, 7) is 0.878. The highest BCUT2D eigenvalue weighted by Gasteiger charge is 2.19. The normalized spacial score (nSPS) is 17.7. The molecule has 0 bridgehead atoms. The van der Waals surface area contributed by atoms with E-state index >= 15 is 0 Å². The van der Waals surface area contributed by atoms with E-state index in [1.165, 1.54) is 0 Å². The van der Waals surface area contributed by atoms with Crippen LogP contribution in [0.1, 0.15) is 0 Å². The molecule has 0 aliphatic carbocycles. The minimum absolute atomic E-state index is 0.250. The van der Waals surface area contributed by atoms with Gasteiger partial charge in [-0.3, -0.25) is 9.59 Å². The lowest BCUT2D eigenvalue weighted by Crippen LogP contribution is -1.82. The molecule has 1 heterocycles. The molecule has 1 rings (SSSR count). The van der Waals surface area contributed by atoms with Crippen molar-refractivity contribution >= 4 is 24.4 Å². The van der Waals surface area contributed by atoms with E-state index in [0.717, 1.165) is 6.61 Å². The van der Waals surface area contributed by atoms with E-state index in [4.69, 9.17) is 25.9 Å². The Hall–Kier alpha value is -0.810. The standard InChI is InChI=1S/C3H5ClO.2CH3NO/c4-1-3-2-5-3;2*2-1-3/h3H,1-2H2;2*1H,(H2,2,3). The first-order valence-corrected chi connectivity index (χ1v) is 3.28. The Balaban J connectivity index is 0. The molecule has 0 saturated carbocycles. The number of hydrogen-bond acceptors (Lipinski definition) is 3. The molecule has 0 radical (unpaired) electrons. The number of hydrogen-bond donors (Lipinski definition) is 2. The highest BCUT2D eigenvalue weighted by molar-refractivity contribution is 6.18. The maximum atomic E-state index is 8.58. The highest BCUT2D eigenvalue weighted by atomic mass is 35.5. The number of carbonyl (C=O) groups excluding carboxylic acids is 2. The summed E-state index contributed by atoms with van der Waals surface area (Å²) in [5.41, 5.74) is 8.33. The maximum Gasteiger partial charge on any atom is 0.204 e. The van der Waals surface area contributed by atoms with Crippen molar-refractivity contribution in [3.63, 3.8) is 0 Å². The van der Waals surface area contributed by atoms with Crippen LogP contribution in [-0.2, 0) is 14.3 Å². The Labute approximate surface area is 69.6 Å². The molecule has 1 aliphatic rings. The molecule has 11 heavy (non-hydrogen) atoms. The Kier molecular flexibility index (Phi) is 13.9. The van der Waals surface area contributed by atoms with Crippen molar-refractivity contribution in [1.82, 2.24) is 0 Å². The zero-order valence-electron chi connectivity index (χ0n) is 5.90. The predicted molar refractivity (Wildman–Crippen MR) is 41.0 cm³/mol. The van der Waals surface area contributed by atoms with Crippen LogP contribution in [0.5, 0.6) is 0 Å². The Bertz CT molecular complexity index is 91.7. The Morgan fingerprint density at radius 2 is 1.73 bits per heavy atom. The third-order valence-corrected chi connectivity index (χ3v) is 0.919. The number of ether oxygens (including phenoxy) is 1. The van der Waals surface area contributed by atoms with E-state index in [-0.39, 0.29) is 12.8 Å². The quantitative estimate of drug-likeness (QED) is 0.304. The van der Waals surface area contributed by atoms with Crippen LogP contribution in [0.3, 0.4) is 0 Å². The van der Waals surface area contributed by atoms with Crippen molar-refractivity contribution < 1.29 is 14.3 Å². The van der Waals surface area contributed by atoms with Gasteiger partial charge >= 0.3 is 0 Å². The van der Waals surface area contributed by atoms with Crippen LogP contribution in [0.25, 0.3) is 0 Å². The van der Waals surface area contributed by atoms with Crippen molar-refractivity contribution in [2.75, 3.05) is 12.5 Å². The van der Waals surface area contributed by atoms with Gasteiger partial charge in [0.05, 0.1) is 18.6 Å². The second-order valence-electron chi connectivity index (χ2n) is 1.38. The second kappa shape index (κ2) is 11.9. The van der Waals surface area contributed by atoms with E-state index in [0.29, 0.717) is 12.0 Å². The monoisotopic (exact) mass is 182 g/mol. The van der Waals surface area contributed by atoms with Gasteiger partial charge in [-0.15, -0.1) is 11.6 Å². The summed E-state index contributed by atoms with van der Waals surface area (Å²) in [5.74, 6) is 0.667. The van der Waals surface area contributed by atoms with Crippen molar-refractivity contribution in [3.05, 3.63) is 0 Å². The molecule has 6 heteroatoms. The summed E-state index contributed by atoms with van der Waals surface area (Å²) in [6, 6.07) is 0. The number of nitrogens with two attached hydrogens (primary N) is 2. The third kappa shape index (κ3) is 27.1. The number of carbonyl (C=O) groups is 2. The average Bonchev–Trinajstić information content (AvgIpc) is 2.72. The zero-order valence-corrected chi connectivity index (χ0v) is 6.66. The zero-order chi connectivity index (χ0) is 9.11. The third-order valence-electron chi connectivity index (χ3n) is 0.574. The topological polar surface area (TPSA) is 98.7 Å². The van der Waals surface area contributed by atoms with E-state index in [1.54, 1.807) is 0 Å². The first-order chi connectivity index (χ1) is 5.26. The lowest BCUT2D eigenvalue weighted by molar-refractivity contribution is -0.107. The van der Waals surface area contributed by atoms with Crippen molar-refractivity contribution in [1.29, 1.82) is 0 Å². The van der Waals surface area contributed by atoms with Gasteiger partial charge in [0.2, 0.25) is 12.8 Å². The number of amides is 2. The molecular formula is C5H11ClN2O3. The van der Waals surface area contributed by atoms with Crippen LogP contribution in [0.4, 0.5) is 0 Å². The Morgan fingerprint density at radius 3 is 1.73 bits per heavy atom. The summed E-state index contributed by atoms with van der Waals surface area (Å²) in [5, 5.41) is 0. The fourth-order valence-electron chi connectivity index (χ4n) is 0.157. The van der Waals surface area contributed by atoms with Crippen LogP contribution in [-0.4, -0.2) is 31.4 Å². The molecule has 4 N–H and O–H groups in total. The van der Waals surface area contributed by atoms with Crippen LogP contribution >= 0.6 is 11.6 Å². The summed E-state index contributed by atoms with van der Waals surface area (Å²) in [6.07, 6.45) is 0.900. The molecule has 5 nitrogen and oxygen atoms in total. The van der Waals surface area contributed by atoms with Crippen LogP contribution in [0, 0.1) is 0 Å². The van der Waals surface area contributed by atoms with Gasteiger partial charge in [-0.2, -0.15) is 0 Å². The van der Waals surface area contributed by atoms with E-state index in [9.17, 15) is 0 Å². The molecule has 66 valence electrons. The largest absolute Gasteiger partial charge is 0.372 e. The predicted octanol–water partition coefficient (Wildman–Crippen LogP) is -1.17. The molecule has 1 unspecified atom stereocenters. The van der Waals surface area contributed by atoms with Gasteiger partial charge in [0.15, 0.2) is 0 Å². The van der Waals surface area contributed by atoms with Gasteiger partial charge in [0.25, 0.3) is 0 Å². The van der Waals surface area contributed by atoms with Gasteiger partial charge in [-0.1, -0.05) is 0 Å². The number of epoxide rings is 1. The number of halogens is 1. The van der Waals surface area contributed by atoms with Crippen LogP contribution in [0.15, 0.2) is 0 Å². The first kappa shape index (κ1) is 12.8. The number of alkyl halides is 1. The number of primary amides is 2. The molecule has 0 spiro atoms. The second-order valence-corrected chi connectivity index (χ2v) is 1.69. The van der Waals surface area contributed by atoms with Crippen molar-refractivity contribution in [2.45, 2.75) is 6.10 Å². The molecule has 0 aromatic carbocycles. The van der Waals surface area contributed by atoms with Crippen LogP contribution < -0.4 is 11.5 Å². The molecule has 2 amide bonds. The number of rotatable bonds is 1. The molecular weight excluding hydrogens is 172 g/mol. The molecule has 1 fully saturated rings. The molecule has 1 saturated heterocycles. The maximum absolute atomic E-state index is 8.58. The summed E-state index contributed by atoms with van der Waals surface area (Å²) in [4.78, 5) is 17.2. The summed E-state index contributed by atoms with van der Waals surface area (Å²) >= 11 is 5.27. The molecule has 1 aliphatic heterocycles. The van der Waals surface area contributed by atoms with Gasteiger partial charge in [0, 0.05) is 0 Å². The van der Waals surface area contributed by atoms with Crippen molar-refractivity contribution in [3.8, 4) is 0 Å². The van der Waals surface area contributed by atoms with Gasteiger partial charge < -0.3 is 16.2 Å². The Morgan fingerprint density at radius 1 is 1.45 bits per heavy atom.